The summed E-state index contributed by atoms with van der Waals surface area (Å²) in [4.78, 5) is 16.4. The molecule has 0 radical (unpaired) electrons. The van der Waals surface area contributed by atoms with Gasteiger partial charge in [-0.15, -0.1) is 0 Å². The Kier molecular flexibility index (Phi) is 5.01. The summed E-state index contributed by atoms with van der Waals surface area (Å²) >= 11 is 0. The molecule has 118 valence electrons. The lowest BCUT2D eigenvalue weighted by molar-refractivity contribution is -0.122. The molecule has 0 aliphatic heterocycles. The van der Waals surface area contributed by atoms with Crippen LogP contribution in [0.25, 0.3) is 5.69 Å². The van der Waals surface area contributed by atoms with Gasteiger partial charge in [0.05, 0.1) is 5.69 Å². The fraction of sp³-hybridized carbons (Fsp3) is 0.444. The average Bonchev–Trinajstić information content (AvgIpc) is 2.79. The monoisotopic (exact) mass is 299 g/mol. The van der Waals surface area contributed by atoms with Crippen LogP contribution in [0.1, 0.15) is 38.7 Å². The molecule has 0 aliphatic carbocycles. The Balaban J connectivity index is 1.91. The number of carbonyl (C=O) groups excluding carboxylic acids is 1. The van der Waals surface area contributed by atoms with E-state index in [0.717, 1.165) is 23.6 Å². The van der Waals surface area contributed by atoms with E-state index < -0.39 is 0 Å². The lowest BCUT2D eigenvalue weighted by Gasteiger charge is -2.17. The maximum atomic E-state index is 11.8. The van der Waals surface area contributed by atoms with Gasteiger partial charge in [0.25, 0.3) is 0 Å². The minimum atomic E-state index is 0.0234. The van der Waals surface area contributed by atoms with Crippen molar-refractivity contribution in [1.82, 2.24) is 14.9 Å². The molecule has 1 aromatic heterocycles. The van der Waals surface area contributed by atoms with Crippen molar-refractivity contribution in [1.29, 1.82) is 0 Å². The molecule has 0 spiro atoms. The van der Waals surface area contributed by atoms with Gasteiger partial charge in [-0.25, -0.2) is 4.98 Å². The summed E-state index contributed by atoms with van der Waals surface area (Å²) in [6.07, 6.45) is 3.33. The van der Waals surface area contributed by atoms with Gasteiger partial charge in [-0.1, -0.05) is 39.0 Å². The van der Waals surface area contributed by atoms with Gasteiger partial charge in [-0.05, 0) is 24.5 Å². The van der Waals surface area contributed by atoms with Crippen molar-refractivity contribution in [3.63, 3.8) is 0 Å². The first-order chi connectivity index (χ1) is 10.3. The van der Waals surface area contributed by atoms with E-state index >= 15 is 0 Å². The molecule has 0 unspecified atom stereocenters. The molecule has 0 fully saturated rings. The third-order valence-corrected chi connectivity index (χ3v) is 3.36. The molecule has 4 heteroatoms. The quantitative estimate of drug-likeness (QED) is 0.921. The number of hydrogen-bond donors (Lipinski definition) is 1. The highest BCUT2D eigenvalue weighted by molar-refractivity contribution is 5.76. The first-order valence-corrected chi connectivity index (χ1v) is 7.72. The highest BCUT2D eigenvalue weighted by Gasteiger charge is 2.15. The van der Waals surface area contributed by atoms with Crippen molar-refractivity contribution in [3.05, 3.63) is 48.0 Å². The van der Waals surface area contributed by atoms with Crippen LogP contribution in [0.5, 0.6) is 0 Å². The molecule has 1 aromatic carbocycles. The Morgan fingerprint density at radius 3 is 2.55 bits per heavy atom. The van der Waals surface area contributed by atoms with Crippen LogP contribution in [0, 0.1) is 12.3 Å². The minimum absolute atomic E-state index is 0.0234. The van der Waals surface area contributed by atoms with Crippen LogP contribution in [0.2, 0.25) is 0 Å². The maximum absolute atomic E-state index is 11.8. The number of amides is 1. The van der Waals surface area contributed by atoms with E-state index in [4.69, 9.17) is 0 Å². The van der Waals surface area contributed by atoms with Gasteiger partial charge in [-0.2, -0.15) is 0 Å². The molecule has 0 saturated carbocycles. The van der Waals surface area contributed by atoms with Gasteiger partial charge in [0.1, 0.15) is 5.82 Å². The van der Waals surface area contributed by atoms with Gasteiger partial charge in [-0.3, -0.25) is 4.79 Å². The maximum Gasteiger partial charge on any atom is 0.220 e. The number of aryl methyl sites for hydroxylation is 1. The van der Waals surface area contributed by atoms with Crippen molar-refractivity contribution < 1.29 is 4.79 Å². The first kappa shape index (κ1) is 16.3. The molecule has 1 N–H and O–H groups in total. The van der Waals surface area contributed by atoms with E-state index in [1.54, 1.807) is 0 Å². The van der Waals surface area contributed by atoms with Crippen LogP contribution in [-0.4, -0.2) is 22.0 Å². The molecule has 1 heterocycles. The lowest BCUT2D eigenvalue weighted by Crippen LogP contribution is -2.29. The fourth-order valence-electron chi connectivity index (χ4n) is 2.38. The summed E-state index contributed by atoms with van der Waals surface area (Å²) in [5.41, 5.74) is 2.13. The molecule has 0 saturated heterocycles. The Labute approximate surface area is 132 Å². The number of benzene rings is 1. The van der Waals surface area contributed by atoms with Gasteiger partial charge < -0.3 is 9.88 Å². The number of rotatable bonds is 5. The molecule has 1 amide bonds. The highest BCUT2D eigenvalue weighted by Crippen LogP contribution is 2.17. The van der Waals surface area contributed by atoms with Crippen LogP contribution in [0.15, 0.2) is 36.5 Å². The van der Waals surface area contributed by atoms with E-state index in [-0.39, 0.29) is 11.3 Å². The number of aromatic nitrogens is 2. The lowest BCUT2D eigenvalue weighted by atomic mass is 9.92. The van der Waals surface area contributed by atoms with Crippen LogP contribution in [-0.2, 0) is 11.2 Å². The number of carbonyl (C=O) groups is 1. The third-order valence-electron chi connectivity index (χ3n) is 3.36. The SMILES string of the molecule is Cc1nc(CCNC(=O)CC(C)(C)C)cn1-c1ccccc1. The minimum Gasteiger partial charge on any atom is -0.356 e. The van der Waals surface area contributed by atoms with Gasteiger partial charge >= 0.3 is 0 Å². The fourth-order valence-corrected chi connectivity index (χ4v) is 2.38. The van der Waals surface area contributed by atoms with Crippen LogP contribution in [0.4, 0.5) is 0 Å². The zero-order valence-corrected chi connectivity index (χ0v) is 13.9. The number of nitrogens with zero attached hydrogens (tertiary/aromatic N) is 2. The second-order valence-corrected chi connectivity index (χ2v) is 6.82. The van der Waals surface area contributed by atoms with E-state index in [1.165, 1.54) is 0 Å². The van der Waals surface area contributed by atoms with E-state index in [1.807, 2.05) is 31.3 Å². The summed E-state index contributed by atoms with van der Waals surface area (Å²) in [5.74, 6) is 1.06. The van der Waals surface area contributed by atoms with Crippen molar-refractivity contribution in [2.24, 2.45) is 5.41 Å². The number of nitrogens with one attached hydrogen (secondary N) is 1. The molecule has 4 nitrogen and oxygen atoms in total. The molecule has 0 atom stereocenters. The highest BCUT2D eigenvalue weighted by atomic mass is 16.1. The summed E-state index contributed by atoms with van der Waals surface area (Å²) < 4.78 is 2.08. The van der Waals surface area contributed by atoms with E-state index in [2.05, 4.69) is 47.8 Å². The normalized spacial score (nSPS) is 11.5. The van der Waals surface area contributed by atoms with Crippen molar-refractivity contribution in [2.45, 2.75) is 40.5 Å². The largest absolute Gasteiger partial charge is 0.356 e. The zero-order chi connectivity index (χ0) is 16.2. The first-order valence-electron chi connectivity index (χ1n) is 7.72. The van der Waals surface area contributed by atoms with Crippen molar-refractivity contribution in [2.75, 3.05) is 6.54 Å². The molecule has 0 bridgehead atoms. The number of imidazole rings is 1. The standard InChI is InChI=1S/C18H25N3O/c1-14-20-15(10-11-19-17(22)12-18(2,3)4)13-21(14)16-8-6-5-7-9-16/h5-9,13H,10-12H2,1-4H3,(H,19,22). The third kappa shape index (κ3) is 4.72. The van der Waals surface area contributed by atoms with Gasteiger partial charge in [0, 0.05) is 31.3 Å². The topological polar surface area (TPSA) is 46.9 Å². The second-order valence-electron chi connectivity index (χ2n) is 6.82. The number of para-hydroxylation sites is 1. The summed E-state index contributed by atoms with van der Waals surface area (Å²) in [6, 6.07) is 10.1. The molecule has 2 rings (SSSR count). The average molecular weight is 299 g/mol. The molecule has 22 heavy (non-hydrogen) atoms. The molecule has 0 aliphatic rings. The van der Waals surface area contributed by atoms with Crippen LogP contribution >= 0.6 is 0 Å². The Morgan fingerprint density at radius 2 is 1.91 bits per heavy atom. The smallest absolute Gasteiger partial charge is 0.220 e. The van der Waals surface area contributed by atoms with Crippen molar-refractivity contribution in [3.8, 4) is 5.69 Å². The summed E-state index contributed by atoms with van der Waals surface area (Å²) in [5, 5.41) is 2.97. The second kappa shape index (κ2) is 6.77. The van der Waals surface area contributed by atoms with Crippen LogP contribution in [0.3, 0.4) is 0 Å². The summed E-state index contributed by atoms with van der Waals surface area (Å²) in [7, 11) is 0. The molecular formula is C18H25N3O. The number of hydrogen-bond acceptors (Lipinski definition) is 2. The summed E-state index contributed by atoms with van der Waals surface area (Å²) in [6.45, 7) is 8.82. The van der Waals surface area contributed by atoms with Crippen LogP contribution < -0.4 is 5.32 Å². The van der Waals surface area contributed by atoms with Gasteiger partial charge in [0.2, 0.25) is 5.91 Å². The predicted molar refractivity (Wildman–Crippen MR) is 89.1 cm³/mol. The predicted octanol–water partition coefficient (Wildman–Crippen LogP) is 3.28. The zero-order valence-electron chi connectivity index (χ0n) is 13.9. The Morgan fingerprint density at radius 1 is 1.23 bits per heavy atom. The molecule has 2 aromatic rings. The Hall–Kier alpha value is -2.10. The van der Waals surface area contributed by atoms with E-state index in [0.29, 0.717) is 13.0 Å². The van der Waals surface area contributed by atoms with E-state index in [9.17, 15) is 4.79 Å². The molecular weight excluding hydrogens is 274 g/mol. The van der Waals surface area contributed by atoms with Crippen molar-refractivity contribution >= 4 is 5.91 Å². The van der Waals surface area contributed by atoms with Gasteiger partial charge in [0.15, 0.2) is 0 Å². The Bertz CT molecular complexity index is 624.